The van der Waals surface area contributed by atoms with E-state index in [0.717, 1.165) is 11.4 Å². The van der Waals surface area contributed by atoms with Crippen LogP contribution in [-0.2, 0) is 0 Å². The summed E-state index contributed by atoms with van der Waals surface area (Å²) in [6.07, 6.45) is 0. The van der Waals surface area contributed by atoms with Crippen molar-refractivity contribution in [2.24, 2.45) is 0 Å². The van der Waals surface area contributed by atoms with Gasteiger partial charge in [0.2, 0.25) is 0 Å². The Morgan fingerprint density at radius 1 is 1.07 bits per heavy atom. The first-order valence-electron chi connectivity index (χ1n) is 3.75. The van der Waals surface area contributed by atoms with Crippen LogP contribution in [0.25, 0.3) is 0 Å². The molecule has 0 fully saturated rings. The van der Waals surface area contributed by atoms with Gasteiger partial charge in [-0.25, -0.2) is 0 Å². The van der Waals surface area contributed by atoms with E-state index in [-0.39, 0.29) is 0 Å². The molecule has 0 amide bonds. The Kier molecular flexibility index (Phi) is 2.85. The number of hydrogen-bond acceptors (Lipinski definition) is 2. The fourth-order valence-corrected chi connectivity index (χ4v) is 4.55. The van der Waals surface area contributed by atoms with Crippen molar-refractivity contribution in [1.82, 2.24) is 0 Å². The average Bonchev–Trinajstić information content (AvgIpc) is 2.40. The molecule has 0 bridgehead atoms. The molecule has 0 aromatic heterocycles. The van der Waals surface area contributed by atoms with Crippen LogP contribution in [-0.4, -0.2) is 18.6 Å². The average molecular weight is 334 g/mol. The van der Waals surface area contributed by atoms with Crippen molar-refractivity contribution in [1.29, 1.82) is 0 Å². The van der Waals surface area contributed by atoms with E-state index in [1.54, 1.807) is 0 Å². The maximum absolute atomic E-state index is 5.89. The Hall–Kier alpha value is 0.639. The van der Waals surface area contributed by atoms with Gasteiger partial charge in [-0.05, 0) is 0 Å². The Labute approximate surface area is 105 Å². The molecule has 1 aromatic rings. The van der Waals surface area contributed by atoms with Crippen molar-refractivity contribution in [3.63, 3.8) is 0 Å². The second-order valence-corrected chi connectivity index (χ2v) is 11.7. The molecular formula is C7H6Cl3N2PSe. The van der Waals surface area contributed by atoms with Crippen molar-refractivity contribution in [2.75, 3.05) is 10.2 Å². The molecule has 0 saturated carbocycles. The van der Waals surface area contributed by atoms with Crippen molar-refractivity contribution in [3.05, 3.63) is 24.3 Å². The van der Waals surface area contributed by atoms with Crippen LogP contribution in [0.1, 0.15) is 0 Å². The van der Waals surface area contributed by atoms with Gasteiger partial charge in [0.05, 0.1) is 0 Å². The summed E-state index contributed by atoms with van der Waals surface area (Å²) in [7, 11) is 0. The van der Waals surface area contributed by atoms with Crippen LogP contribution >= 0.6 is 40.6 Å². The minimum atomic E-state index is -2.11. The second-order valence-electron chi connectivity index (χ2n) is 2.85. The third kappa shape index (κ3) is 1.82. The summed E-state index contributed by atoms with van der Waals surface area (Å²) in [6, 6.07) is 7.75. The molecule has 1 aliphatic rings. The van der Waals surface area contributed by atoms with Gasteiger partial charge in [-0.15, -0.1) is 0 Å². The zero-order valence-electron chi connectivity index (χ0n) is 6.80. The topological polar surface area (TPSA) is 24.1 Å². The molecule has 14 heavy (non-hydrogen) atoms. The van der Waals surface area contributed by atoms with E-state index in [1.807, 2.05) is 24.3 Å². The molecule has 1 aliphatic heterocycles. The number of anilines is 2. The van der Waals surface area contributed by atoms with Crippen LogP contribution in [0, 0.1) is 0 Å². The molecule has 0 saturated heterocycles. The molecule has 1 heterocycles. The molecule has 76 valence electrons. The Balaban J connectivity index is 2.40. The van der Waals surface area contributed by atoms with Crippen molar-refractivity contribution in [2.45, 2.75) is 3.53 Å². The molecule has 7 heteroatoms. The number of fused-ring (bicyclic) bond motifs is 1. The first-order chi connectivity index (χ1) is 6.42. The maximum atomic E-state index is 5.89. The van der Waals surface area contributed by atoms with E-state index in [2.05, 4.69) is 25.3 Å². The molecule has 0 atom stereocenters. The van der Waals surface area contributed by atoms with Crippen LogP contribution in [0.2, 0.25) is 0 Å². The first-order valence-corrected chi connectivity index (χ1v) is 8.89. The normalized spacial score (nSPS) is 18.2. The van der Waals surface area contributed by atoms with Crippen molar-refractivity contribution < 1.29 is 0 Å². The van der Waals surface area contributed by atoms with E-state index >= 15 is 0 Å². The van der Waals surface area contributed by atoms with E-state index in [4.69, 9.17) is 34.8 Å². The molecule has 1 aromatic carbocycles. The van der Waals surface area contributed by atoms with Gasteiger partial charge in [0.25, 0.3) is 0 Å². The second kappa shape index (κ2) is 3.59. The number of para-hydroxylation sites is 2. The van der Waals surface area contributed by atoms with Crippen molar-refractivity contribution in [3.8, 4) is 0 Å². The van der Waals surface area contributed by atoms with Crippen LogP contribution in [0.3, 0.4) is 0 Å². The molecule has 0 spiro atoms. The predicted octanol–water partition coefficient (Wildman–Crippen LogP) is 3.78. The van der Waals surface area contributed by atoms with Gasteiger partial charge in [0, 0.05) is 0 Å². The number of rotatable bonds is 0. The standard InChI is InChI=1S/C7H6Cl3N2PSe/c8-7(9,10)13(14)11-5-3-1-2-4-6(5)12-13/h1-4H,(H2,11,12,14). The van der Waals surface area contributed by atoms with Gasteiger partial charge < -0.3 is 0 Å². The molecule has 2 rings (SSSR count). The van der Waals surface area contributed by atoms with Crippen LogP contribution in [0.5, 0.6) is 0 Å². The fourth-order valence-electron chi connectivity index (χ4n) is 1.17. The van der Waals surface area contributed by atoms with E-state index < -0.39 is 9.34 Å². The predicted molar refractivity (Wildman–Crippen MR) is 66.7 cm³/mol. The number of nitrogens with one attached hydrogen (secondary N) is 2. The first kappa shape index (κ1) is 11.1. The van der Waals surface area contributed by atoms with Gasteiger partial charge in [-0.1, -0.05) is 0 Å². The quantitative estimate of drug-likeness (QED) is 0.429. The number of hydrogen-bond donors (Lipinski definition) is 2. The van der Waals surface area contributed by atoms with E-state index in [0.29, 0.717) is 0 Å². The monoisotopic (exact) mass is 334 g/mol. The van der Waals surface area contributed by atoms with Gasteiger partial charge in [0.1, 0.15) is 0 Å². The Morgan fingerprint density at radius 3 is 1.86 bits per heavy atom. The summed E-state index contributed by atoms with van der Waals surface area (Å²) in [4.78, 5) is 0. The molecule has 2 N–H and O–H groups in total. The summed E-state index contributed by atoms with van der Waals surface area (Å²) in [5.74, 6) is -2.11. The Morgan fingerprint density at radius 2 is 1.50 bits per heavy atom. The summed E-state index contributed by atoms with van der Waals surface area (Å²) in [6.45, 7) is 0. The zero-order valence-corrected chi connectivity index (χ0v) is 11.7. The van der Waals surface area contributed by atoms with Gasteiger partial charge >= 0.3 is 105 Å². The van der Waals surface area contributed by atoms with Gasteiger partial charge in [0.15, 0.2) is 0 Å². The van der Waals surface area contributed by atoms with Crippen molar-refractivity contribution >= 4 is 67.1 Å². The van der Waals surface area contributed by atoms with E-state index in [1.165, 1.54) is 0 Å². The van der Waals surface area contributed by atoms with E-state index in [9.17, 15) is 0 Å². The fraction of sp³-hybridized carbons (Fsp3) is 0.143. The molecule has 0 unspecified atom stereocenters. The molecule has 2 nitrogen and oxygen atoms in total. The molecule has 0 aliphatic carbocycles. The number of benzene rings is 1. The molecule has 0 radical (unpaired) electrons. The van der Waals surface area contributed by atoms with Crippen LogP contribution in [0.15, 0.2) is 24.3 Å². The summed E-state index contributed by atoms with van der Waals surface area (Å²) >= 11 is 20.6. The third-order valence-corrected chi connectivity index (χ3v) is 10.9. The Bertz CT molecular complexity index is 389. The summed E-state index contributed by atoms with van der Waals surface area (Å²) < 4.78 is -1.36. The third-order valence-electron chi connectivity index (χ3n) is 1.84. The van der Waals surface area contributed by atoms with Gasteiger partial charge in [-0.2, -0.15) is 0 Å². The summed E-state index contributed by atoms with van der Waals surface area (Å²) in [5, 5.41) is 6.40. The molecular weight excluding hydrogens is 328 g/mol. The minimum absolute atomic E-state index is 0.964. The number of alkyl halides is 3. The van der Waals surface area contributed by atoms with Crippen LogP contribution < -0.4 is 10.2 Å². The van der Waals surface area contributed by atoms with Gasteiger partial charge in [-0.3, -0.25) is 0 Å². The number of halogens is 3. The zero-order chi connectivity index (χ0) is 10.4. The van der Waals surface area contributed by atoms with Crippen LogP contribution in [0.4, 0.5) is 11.4 Å². The SMILES string of the molecule is ClC(Cl)(Cl)P1(=[Se])Nc2ccccc2N1. The summed E-state index contributed by atoms with van der Waals surface area (Å²) in [5.41, 5.74) is 1.93.